The largest absolute Gasteiger partial charge is 0.335 e. The summed E-state index contributed by atoms with van der Waals surface area (Å²) < 4.78 is 1.35. The molecule has 1 aromatic heterocycles. The first kappa shape index (κ1) is 19.3. The van der Waals surface area contributed by atoms with E-state index in [4.69, 9.17) is 17.4 Å². The van der Waals surface area contributed by atoms with Gasteiger partial charge in [-0.2, -0.15) is 0 Å². The Morgan fingerprint density at radius 1 is 1.22 bits per heavy atom. The third-order valence-electron chi connectivity index (χ3n) is 4.06. The topological polar surface area (TPSA) is 85.8 Å². The number of nitrogen functional groups attached to an aromatic ring is 1. The van der Waals surface area contributed by atoms with E-state index in [1.54, 1.807) is 13.0 Å². The summed E-state index contributed by atoms with van der Waals surface area (Å²) in [5, 5.41) is 11.7. The van der Waals surface area contributed by atoms with Gasteiger partial charge in [-0.1, -0.05) is 54.6 Å². The summed E-state index contributed by atoms with van der Waals surface area (Å²) in [6, 6.07) is 15.1. The summed E-state index contributed by atoms with van der Waals surface area (Å²) in [6.07, 6.45) is 0.959. The monoisotopic (exact) mass is 401 g/mol. The van der Waals surface area contributed by atoms with Crippen molar-refractivity contribution in [3.63, 3.8) is 0 Å². The fraction of sp³-hybridized carbons (Fsp3) is 0.211. The summed E-state index contributed by atoms with van der Waals surface area (Å²) in [5.74, 6) is 6.43. The Bertz CT molecular complexity index is 942. The van der Waals surface area contributed by atoms with Crippen LogP contribution in [0.2, 0.25) is 5.02 Å². The summed E-state index contributed by atoms with van der Waals surface area (Å²) in [5.41, 5.74) is 2.67. The van der Waals surface area contributed by atoms with Gasteiger partial charge in [0.25, 0.3) is 0 Å². The Hall–Kier alpha value is -2.51. The van der Waals surface area contributed by atoms with Crippen LogP contribution in [-0.4, -0.2) is 26.0 Å². The molecular formula is C19H20ClN5OS. The predicted molar refractivity (Wildman–Crippen MR) is 110 cm³/mol. The molecule has 0 fully saturated rings. The van der Waals surface area contributed by atoms with Gasteiger partial charge in [0.1, 0.15) is 0 Å². The number of aryl methyl sites for hydroxylation is 1. The normalized spacial score (nSPS) is 12.0. The Morgan fingerprint density at radius 3 is 2.59 bits per heavy atom. The molecule has 0 aliphatic rings. The maximum atomic E-state index is 12.5. The molecule has 3 aromatic rings. The molecule has 6 nitrogen and oxygen atoms in total. The van der Waals surface area contributed by atoms with E-state index in [1.165, 1.54) is 22.0 Å². The first-order valence-electron chi connectivity index (χ1n) is 8.51. The van der Waals surface area contributed by atoms with Crippen LogP contribution in [0.5, 0.6) is 0 Å². The minimum atomic E-state index is -0.401. The van der Waals surface area contributed by atoms with E-state index in [0.29, 0.717) is 21.6 Å². The van der Waals surface area contributed by atoms with Gasteiger partial charge in [0, 0.05) is 11.3 Å². The van der Waals surface area contributed by atoms with E-state index in [1.807, 2.05) is 42.5 Å². The highest BCUT2D eigenvalue weighted by Gasteiger charge is 2.20. The van der Waals surface area contributed by atoms with Crippen molar-refractivity contribution in [3.05, 3.63) is 59.1 Å². The summed E-state index contributed by atoms with van der Waals surface area (Å²) >= 11 is 7.44. The number of nitrogens with zero attached hydrogens (tertiary/aromatic N) is 3. The molecule has 27 heavy (non-hydrogen) atoms. The highest BCUT2D eigenvalue weighted by atomic mass is 35.5. The molecular weight excluding hydrogens is 382 g/mol. The van der Waals surface area contributed by atoms with E-state index in [9.17, 15) is 4.79 Å². The van der Waals surface area contributed by atoms with Crippen LogP contribution in [0, 0.1) is 0 Å². The van der Waals surface area contributed by atoms with Gasteiger partial charge in [-0.15, -0.1) is 10.2 Å². The number of aromatic nitrogens is 3. The molecule has 0 saturated carbocycles. The molecule has 0 aliphatic heterocycles. The highest BCUT2D eigenvalue weighted by molar-refractivity contribution is 8.00. The van der Waals surface area contributed by atoms with Gasteiger partial charge >= 0.3 is 0 Å². The number of halogens is 1. The summed E-state index contributed by atoms with van der Waals surface area (Å²) in [7, 11) is 0. The van der Waals surface area contributed by atoms with Crippen molar-refractivity contribution in [1.29, 1.82) is 0 Å². The van der Waals surface area contributed by atoms with Gasteiger partial charge in [-0.25, -0.2) is 4.68 Å². The number of amides is 1. The average Bonchev–Trinajstić information content (AvgIpc) is 3.03. The third-order valence-corrected chi connectivity index (χ3v) is 5.45. The third kappa shape index (κ3) is 4.43. The van der Waals surface area contributed by atoms with Crippen LogP contribution in [0.15, 0.2) is 53.7 Å². The molecule has 0 radical (unpaired) electrons. The van der Waals surface area contributed by atoms with Crippen molar-refractivity contribution in [2.45, 2.75) is 30.7 Å². The van der Waals surface area contributed by atoms with Gasteiger partial charge in [0.15, 0.2) is 5.82 Å². The first-order chi connectivity index (χ1) is 13.0. The van der Waals surface area contributed by atoms with Gasteiger partial charge < -0.3 is 11.2 Å². The molecule has 3 N–H and O–H groups in total. The van der Waals surface area contributed by atoms with Crippen molar-refractivity contribution in [1.82, 2.24) is 14.9 Å². The highest BCUT2D eigenvalue weighted by Crippen LogP contribution is 2.29. The van der Waals surface area contributed by atoms with Gasteiger partial charge in [0.05, 0.1) is 10.3 Å². The van der Waals surface area contributed by atoms with E-state index in [-0.39, 0.29) is 5.91 Å². The lowest BCUT2D eigenvalue weighted by atomic mass is 10.1. The van der Waals surface area contributed by atoms with Gasteiger partial charge in [0.2, 0.25) is 11.1 Å². The molecule has 3 rings (SSSR count). The molecule has 0 saturated heterocycles. The molecule has 1 atom stereocenters. The van der Waals surface area contributed by atoms with Gasteiger partial charge in [-0.3, -0.25) is 4.79 Å². The van der Waals surface area contributed by atoms with Crippen LogP contribution < -0.4 is 11.2 Å². The molecule has 0 aliphatic carbocycles. The smallest absolute Gasteiger partial charge is 0.237 e. The molecule has 140 valence electrons. The number of thioether (sulfide) groups is 1. The quantitative estimate of drug-likeness (QED) is 0.481. The fourth-order valence-electron chi connectivity index (χ4n) is 2.46. The second kappa shape index (κ2) is 8.45. The van der Waals surface area contributed by atoms with Crippen LogP contribution >= 0.6 is 23.4 Å². The van der Waals surface area contributed by atoms with Crippen molar-refractivity contribution < 1.29 is 4.79 Å². The maximum absolute atomic E-state index is 12.5. The fourth-order valence-corrected chi connectivity index (χ4v) is 3.45. The predicted octanol–water partition coefficient (Wildman–Crippen LogP) is 3.99. The molecule has 2 aromatic carbocycles. The number of carbonyl (C=O) groups is 1. The number of hydrogen-bond donors (Lipinski definition) is 2. The zero-order valence-electron chi connectivity index (χ0n) is 15.0. The molecule has 0 unspecified atom stereocenters. The SMILES string of the molecule is CCc1ccc(NC(=O)[C@H](C)Sc2nnc(-c3ccccc3Cl)n2N)cc1. The maximum Gasteiger partial charge on any atom is 0.237 e. The van der Waals surface area contributed by atoms with Crippen LogP contribution in [0.4, 0.5) is 5.69 Å². The molecule has 1 heterocycles. The number of carbonyl (C=O) groups excluding carboxylic acids is 1. The van der Waals surface area contributed by atoms with E-state index in [2.05, 4.69) is 22.4 Å². The molecule has 0 bridgehead atoms. The van der Waals surface area contributed by atoms with Crippen LogP contribution in [0.3, 0.4) is 0 Å². The van der Waals surface area contributed by atoms with E-state index in [0.717, 1.165) is 12.1 Å². The zero-order chi connectivity index (χ0) is 19.4. The number of nitrogens with two attached hydrogens (primary N) is 1. The Labute approximate surface area is 167 Å². The number of hydrogen-bond acceptors (Lipinski definition) is 5. The van der Waals surface area contributed by atoms with E-state index < -0.39 is 5.25 Å². The molecule has 0 spiro atoms. The molecule has 8 heteroatoms. The second-order valence-electron chi connectivity index (χ2n) is 5.96. The minimum Gasteiger partial charge on any atom is -0.335 e. The minimum absolute atomic E-state index is 0.133. The van der Waals surface area contributed by atoms with Crippen LogP contribution in [-0.2, 0) is 11.2 Å². The van der Waals surface area contributed by atoms with Crippen molar-refractivity contribution in [2.75, 3.05) is 11.2 Å². The number of benzene rings is 2. The lowest BCUT2D eigenvalue weighted by molar-refractivity contribution is -0.115. The Kier molecular flexibility index (Phi) is 6.03. The first-order valence-corrected chi connectivity index (χ1v) is 9.77. The lowest BCUT2D eigenvalue weighted by Gasteiger charge is -2.12. The van der Waals surface area contributed by atoms with Crippen LogP contribution in [0.25, 0.3) is 11.4 Å². The standard InChI is InChI=1S/C19H20ClN5OS/c1-3-13-8-10-14(11-9-13)22-18(26)12(2)27-19-24-23-17(25(19)21)15-6-4-5-7-16(15)20/h4-12H,3,21H2,1-2H3,(H,22,26)/t12-/m0/s1. The summed E-state index contributed by atoms with van der Waals surface area (Å²) in [6.45, 7) is 3.89. The Balaban J connectivity index is 1.69. The molecule has 1 amide bonds. The average molecular weight is 402 g/mol. The Morgan fingerprint density at radius 2 is 1.93 bits per heavy atom. The summed E-state index contributed by atoms with van der Waals surface area (Å²) in [4.78, 5) is 12.5. The lowest BCUT2D eigenvalue weighted by Crippen LogP contribution is -2.23. The van der Waals surface area contributed by atoms with Crippen molar-refractivity contribution >= 4 is 35.0 Å². The number of rotatable bonds is 6. The van der Waals surface area contributed by atoms with E-state index >= 15 is 0 Å². The number of nitrogens with one attached hydrogen (secondary N) is 1. The van der Waals surface area contributed by atoms with Crippen LogP contribution in [0.1, 0.15) is 19.4 Å². The number of anilines is 1. The second-order valence-corrected chi connectivity index (χ2v) is 7.67. The van der Waals surface area contributed by atoms with Crippen molar-refractivity contribution in [3.8, 4) is 11.4 Å². The zero-order valence-corrected chi connectivity index (χ0v) is 16.6. The van der Waals surface area contributed by atoms with Crippen molar-refractivity contribution in [2.24, 2.45) is 0 Å². The van der Waals surface area contributed by atoms with Gasteiger partial charge in [-0.05, 0) is 43.2 Å².